The van der Waals surface area contributed by atoms with Crippen molar-refractivity contribution in [1.29, 1.82) is 0 Å². The maximum absolute atomic E-state index is 10.8. The van der Waals surface area contributed by atoms with E-state index in [2.05, 4.69) is 10.1 Å². The Hall–Kier alpha value is -1.77. The topological polar surface area (TPSA) is 88.7 Å². The third kappa shape index (κ3) is 4.12. The van der Waals surface area contributed by atoms with Gasteiger partial charge < -0.3 is 14.4 Å². The summed E-state index contributed by atoms with van der Waals surface area (Å²) >= 11 is 1.51. The van der Waals surface area contributed by atoms with Gasteiger partial charge in [0.05, 0.1) is 24.6 Å². The molecule has 0 unspecified atom stereocenters. The summed E-state index contributed by atoms with van der Waals surface area (Å²) in [4.78, 5) is 17.7. The molecule has 2 heterocycles. The number of rotatable bonds is 8. The van der Waals surface area contributed by atoms with Crippen LogP contribution >= 0.6 is 11.3 Å². The molecule has 0 bridgehead atoms. The molecule has 7 nitrogen and oxygen atoms in total. The summed E-state index contributed by atoms with van der Waals surface area (Å²) in [6.07, 6.45) is 0. The third-order valence-electron chi connectivity index (χ3n) is 2.54. The second kappa shape index (κ2) is 7.13. The fourth-order valence-electron chi connectivity index (χ4n) is 1.64. The minimum absolute atomic E-state index is 0.0910. The van der Waals surface area contributed by atoms with Crippen molar-refractivity contribution in [3.05, 3.63) is 23.3 Å². The largest absolute Gasteiger partial charge is 0.480 e. The van der Waals surface area contributed by atoms with Crippen molar-refractivity contribution in [3.8, 4) is 10.8 Å². The fourth-order valence-corrected chi connectivity index (χ4v) is 2.29. The Balaban J connectivity index is 2.00. The first-order valence-corrected chi connectivity index (χ1v) is 6.86. The lowest BCUT2D eigenvalue weighted by Gasteiger charge is -2.17. The van der Waals surface area contributed by atoms with Crippen LogP contribution in [-0.2, 0) is 16.1 Å². The van der Waals surface area contributed by atoms with E-state index in [1.807, 2.05) is 17.5 Å². The predicted molar refractivity (Wildman–Crippen MR) is 72.4 cm³/mol. The molecule has 2 aromatic heterocycles. The molecule has 0 saturated carbocycles. The first-order valence-electron chi connectivity index (χ1n) is 5.98. The first-order chi connectivity index (χ1) is 9.69. The molecular weight excluding hydrogens is 282 g/mol. The van der Waals surface area contributed by atoms with Crippen molar-refractivity contribution >= 4 is 17.3 Å². The third-order valence-corrected chi connectivity index (χ3v) is 3.39. The van der Waals surface area contributed by atoms with Gasteiger partial charge in [-0.2, -0.15) is 4.98 Å². The molecule has 0 amide bonds. The SMILES string of the molecule is COCCN(CC(=O)O)Cc1noc(-c2cccs2)n1. The highest BCUT2D eigenvalue weighted by Gasteiger charge is 2.15. The number of carbonyl (C=O) groups is 1. The summed E-state index contributed by atoms with van der Waals surface area (Å²) in [5, 5.41) is 14.7. The number of methoxy groups -OCH3 is 1. The number of nitrogens with zero attached hydrogens (tertiary/aromatic N) is 3. The zero-order chi connectivity index (χ0) is 14.4. The van der Waals surface area contributed by atoms with Gasteiger partial charge in [0, 0.05) is 13.7 Å². The standard InChI is InChI=1S/C12H15N3O4S/c1-18-5-4-15(8-11(16)17)7-10-13-12(19-14-10)9-3-2-6-20-9/h2-3,6H,4-5,7-8H2,1H3,(H,16,17). The van der Waals surface area contributed by atoms with Crippen molar-refractivity contribution in [2.24, 2.45) is 0 Å². The van der Waals surface area contributed by atoms with Crippen molar-refractivity contribution in [2.75, 3.05) is 26.8 Å². The van der Waals surface area contributed by atoms with Crippen molar-refractivity contribution in [3.63, 3.8) is 0 Å². The van der Waals surface area contributed by atoms with Crippen LogP contribution in [0.15, 0.2) is 22.0 Å². The van der Waals surface area contributed by atoms with Gasteiger partial charge in [-0.3, -0.25) is 9.69 Å². The molecule has 2 rings (SSSR count). The van der Waals surface area contributed by atoms with E-state index in [1.165, 1.54) is 11.3 Å². The molecule has 0 atom stereocenters. The van der Waals surface area contributed by atoms with E-state index in [1.54, 1.807) is 12.0 Å². The van der Waals surface area contributed by atoms with E-state index in [-0.39, 0.29) is 6.54 Å². The average molecular weight is 297 g/mol. The smallest absolute Gasteiger partial charge is 0.317 e. The van der Waals surface area contributed by atoms with Crippen LogP contribution in [0.3, 0.4) is 0 Å². The lowest BCUT2D eigenvalue weighted by atomic mass is 10.4. The summed E-state index contributed by atoms with van der Waals surface area (Å²) < 4.78 is 10.1. The monoisotopic (exact) mass is 297 g/mol. The second-order valence-electron chi connectivity index (χ2n) is 4.09. The first kappa shape index (κ1) is 14.6. The van der Waals surface area contributed by atoms with Crippen LogP contribution in [0.5, 0.6) is 0 Å². The number of hydrogen-bond acceptors (Lipinski definition) is 7. The lowest BCUT2D eigenvalue weighted by molar-refractivity contribution is -0.138. The quantitative estimate of drug-likeness (QED) is 0.786. The van der Waals surface area contributed by atoms with E-state index in [4.69, 9.17) is 14.4 Å². The Bertz CT molecular complexity index is 541. The highest BCUT2D eigenvalue weighted by Crippen LogP contribution is 2.22. The lowest BCUT2D eigenvalue weighted by Crippen LogP contribution is -2.32. The fraction of sp³-hybridized carbons (Fsp3) is 0.417. The van der Waals surface area contributed by atoms with Crippen LogP contribution in [-0.4, -0.2) is 52.9 Å². The average Bonchev–Trinajstić information content (AvgIpc) is 3.05. The van der Waals surface area contributed by atoms with Gasteiger partial charge >= 0.3 is 5.97 Å². The molecule has 0 aromatic carbocycles. The number of aliphatic carboxylic acids is 1. The van der Waals surface area contributed by atoms with E-state index in [0.717, 1.165) is 4.88 Å². The molecule has 0 aliphatic carbocycles. The minimum atomic E-state index is -0.900. The molecular formula is C12H15N3O4S. The van der Waals surface area contributed by atoms with E-state index in [9.17, 15) is 4.79 Å². The molecule has 8 heteroatoms. The Morgan fingerprint density at radius 3 is 3.10 bits per heavy atom. The summed E-state index contributed by atoms with van der Waals surface area (Å²) in [7, 11) is 1.57. The highest BCUT2D eigenvalue weighted by molar-refractivity contribution is 7.13. The summed E-state index contributed by atoms with van der Waals surface area (Å²) in [5.41, 5.74) is 0. The Kier molecular flexibility index (Phi) is 5.22. The van der Waals surface area contributed by atoms with Crippen molar-refractivity contribution in [2.45, 2.75) is 6.54 Å². The Morgan fingerprint density at radius 1 is 1.60 bits per heavy atom. The van der Waals surface area contributed by atoms with Gasteiger partial charge in [-0.1, -0.05) is 11.2 Å². The van der Waals surface area contributed by atoms with Gasteiger partial charge in [0.2, 0.25) is 0 Å². The van der Waals surface area contributed by atoms with Crippen LogP contribution in [0.1, 0.15) is 5.82 Å². The van der Waals surface area contributed by atoms with E-state index >= 15 is 0 Å². The minimum Gasteiger partial charge on any atom is -0.480 e. The van der Waals surface area contributed by atoms with Gasteiger partial charge in [0.1, 0.15) is 0 Å². The molecule has 108 valence electrons. The zero-order valence-corrected chi connectivity index (χ0v) is 11.8. The van der Waals surface area contributed by atoms with Gasteiger partial charge in [-0.25, -0.2) is 0 Å². The number of thiophene rings is 1. The van der Waals surface area contributed by atoms with Crippen LogP contribution in [0.2, 0.25) is 0 Å². The van der Waals surface area contributed by atoms with E-state index in [0.29, 0.717) is 31.4 Å². The Labute approximate surface area is 119 Å². The molecule has 0 aliphatic heterocycles. The summed E-state index contributed by atoms with van der Waals surface area (Å²) in [6, 6.07) is 3.79. The number of aromatic nitrogens is 2. The molecule has 0 fully saturated rings. The molecule has 2 aromatic rings. The summed E-state index contributed by atoms with van der Waals surface area (Å²) in [6.45, 7) is 1.16. The predicted octanol–water partition coefficient (Wildman–Crippen LogP) is 1.33. The normalized spacial score (nSPS) is 11.1. The molecule has 0 spiro atoms. The van der Waals surface area contributed by atoms with Gasteiger partial charge in [-0.05, 0) is 11.4 Å². The molecule has 1 N–H and O–H groups in total. The molecule has 20 heavy (non-hydrogen) atoms. The highest BCUT2D eigenvalue weighted by atomic mass is 32.1. The van der Waals surface area contributed by atoms with Crippen LogP contribution < -0.4 is 0 Å². The maximum atomic E-state index is 10.8. The molecule has 0 radical (unpaired) electrons. The number of carboxylic acid groups (broad SMARTS) is 1. The van der Waals surface area contributed by atoms with Crippen LogP contribution in [0.25, 0.3) is 10.8 Å². The number of carboxylic acids is 1. The van der Waals surface area contributed by atoms with Gasteiger partial charge in [0.25, 0.3) is 5.89 Å². The van der Waals surface area contributed by atoms with Gasteiger partial charge in [0.15, 0.2) is 5.82 Å². The van der Waals surface area contributed by atoms with Crippen LogP contribution in [0.4, 0.5) is 0 Å². The molecule has 0 aliphatic rings. The van der Waals surface area contributed by atoms with E-state index < -0.39 is 5.97 Å². The zero-order valence-electron chi connectivity index (χ0n) is 11.0. The maximum Gasteiger partial charge on any atom is 0.317 e. The number of hydrogen-bond donors (Lipinski definition) is 1. The molecule has 0 saturated heterocycles. The van der Waals surface area contributed by atoms with Crippen molar-refractivity contribution < 1.29 is 19.2 Å². The van der Waals surface area contributed by atoms with Gasteiger partial charge in [-0.15, -0.1) is 11.3 Å². The Morgan fingerprint density at radius 2 is 2.45 bits per heavy atom. The van der Waals surface area contributed by atoms with Crippen molar-refractivity contribution in [1.82, 2.24) is 15.0 Å². The number of ether oxygens (including phenoxy) is 1. The van der Waals surface area contributed by atoms with Crippen LogP contribution in [0, 0.1) is 0 Å². The summed E-state index contributed by atoms with van der Waals surface area (Å²) in [5.74, 6) is 0.0193. The second-order valence-corrected chi connectivity index (χ2v) is 5.04.